The lowest BCUT2D eigenvalue weighted by atomic mass is 10.2. The highest BCUT2D eigenvalue weighted by molar-refractivity contribution is 7.99. The van der Waals surface area contributed by atoms with E-state index >= 15 is 0 Å². The van der Waals surface area contributed by atoms with E-state index in [2.05, 4.69) is 36.5 Å². The fourth-order valence-corrected chi connectivity index (χ4v) is 3.32. The Morgan fingerprint density at radius 2 is 1.91 bits per heavy atom. The Labute approximate surface area is 139 Å². The molecule has 0 unspecified atom stereocenters. The van der Waals surface area contributed by atoms with Gasteiger partial charge in [-0.25, -0.2) is 0 Å². The zero-order valence-corrected chi connectivity index (χ0v) is 13.7. The van der Waals surface area contributed by atoms with Gasteiger partial charge in [0.1, 0.15) is 6.54 Å². The average Bonchev–Trinajstić information content (AvgIpc) is 2.55. The molecule has 0 saturated heterocycles. The van der Waals surface area contributed by atoms with Crippen LogP contribution in [0.15, 0.2) is 53.4 Å². The van der Waals surface area contributed by atoms with Crippen LogP contribution in [0.2, 0.25) is 0 Å². The molecule has 0 aliphatic carbocycles. The molecule has 4 nitrogen and oxygen atoms in total. The largest absolute Gasteiger partial charge is 0.323 e. The maximum Gasteiger partial charge on any atom is 0.244 e. The number of thioether (sulfide) groups is 1. The SMILES string of the molecule is Cc1ccc(SCCC(=O)N2CC(=O)Nc3ccccc32)cc1. The summed E-state index contributed by atoms with van der Waals surface area (Å²) >= 11 is 1.66. The summed E-state index contributed by atoms with van der Waals surface area (Å²) in [4.78, 5) is 27.0. The number of nitrogens with zero attached hydrogens (tertiary/aromatic N) is 1. The van der Waals surface area contributed by atoms with Gasteiger partial charge in [-0.1, -0.05) is 29.8 Å². The molecule has 0 radical (unpaired) electrons. The van der Waals surface area contributed by atoms with Gasteiger partial charge in [0, 0.05) is 17.1 Å². The Kier molecular flexibility index (Phi) is 4.67. The molecule has 0 saturated carbocycles. The van der Waals surface area contributed by atoms with E-state index in [4.69, 9.17) is 0 Å². The maximum absolute atomic E-state index is 12.5. The predicted molar refractivity (Wildman–Crippen MR) is 93.9 cm³/mol. The van der Waals surface area contributed by atoms with Crippen LogP contribution in [0, 0.1) is 6.92 Å². The number of amides is 2. The second kappa shape index (κ2) is 6.87. The molecule has 1 aliphatic rings. The molecule has 1 aliphatic heterocycles. The van der Waals surface area contributed by atoms with Crippen LogP contribution in [-0.2, 0) is 9.59 Å². The van der Waals surface area contributed by atoms with Gasteiger partial charge in [0.15, 0.2) is 0 Å². The van der Waals surface area contributed by atoms with E-state index in [1.165, 1.54) is 5.56 Å². The zero-order valence-electron chi connectivity index (χ0n) is 12.9. The highest BCUT2D eigenvalue weighted by atomic mass is 32.2. The number of anilines is 2. The van der Waals surface area contributed by atoms with Gasteiger partial charge in [-0.15, -0.1) is 11.8 Å². The minimum Gasteiger partial charge on any atom is -0.323 e. The number of nitrogens with one attached hydrogen (secondary N) is 1. The summed E-state index contributed by atoms with van der Waals surface area (Å²) in [5, 5.41) is 2.79. The van der Waals surface area contributed by atoms with E-state index in [0.29, 0.717) is 17.9 Å². The first-order valence-electron chi connectivity index (χ1n) is 7.52. The Morgan fingerprint density at radius 1 is 1.17 bits per heavy atom. The predicted octanol–water partition coefficient (Wildman–Crippen LogP) is 3.46. The summed E-state index contributed by atoms with van der Waals surface area (Å²) in [6, 6.07) is 15.7. The summed E-state index contributed by atoms with van der Waals surface area (Å²) in [5.74, 6) is 0.525. The molecule has 23 heavy (non-hydrogen) atoms. The number of carbonyl (C=O) groups excluding carboxylic acids is 2. The lowest BCUT2D eigenvalue weighted by molar-refractivity contribution is -0.121. The van der Waals surface area contributed by atoms with Crippen LogP contribution in [0.4, 0.5) is 11.4 Å². The standard InChI is InChI=1S/C18H18N2O2S/c1-13-6-8-14(9-7-13)23-11-10-18(22)20-12-17(21)19-15-4-2-3-5-16(15)20/h2-9H,10-12H2,1H3,(H,19,21). The van der Waals surface area contributed by atoms with E-state index < -0.39 is 0 Å². The third kappa shape index (κ3) is 3.74. The van der Waals surface area contributed by atoms with Crippen molar-refractivity contribution in [3.8, 4) is 0 Å². The normalized spacial score (nSPS) is 13.4. The summed E-state index contributed by atoms with van der Waals surface area (Å²) in [7, 11) is 0. The molecule has 2 aromatic rings. The zero-order chi connectivity index (χ0) is 16.2. The topological polar surface area (TPSA) is 49.4 Å². The molecule has 0 aromatic heterocycles. The first-order chi connectivity index (χ1) is 11.1. The Morgan fingerprint density at radius 3 is 2.70 bits per heavy atom. The molecule has 118 valence electrons. The second-order valence-corrected chi connectivity index (χ2v) is 6.63. The minimum absolute atomic E-state index is 0.0214. The number of benzene rings is 2. The molecule has 0 atom stereocenters. The molecule has 3 rings (SSSR count). The van der Waals surface area contributed by atoms with Gasteiger partial charge in [-0.3, -0.25) is 9.59 Å². The lowest BCUT2D eigenvalue weighted by Crippen LogP contribution is -2.42. The van der Waals surface area contributed by atoms with Crippen LogP contribution in [0.25, 0.3) is 0 Å². The van der Waals surface area contributed by atoms with Crippen LogP contribution < -0.4 is 10.2 Å². The molecule has 2 aromatic carbocycles. The van der Waals surface area contributed by atoms with Crippen molar-refractivity contribution in [3.63, 3.8) is 0 Å². The van der Waals surface area contributed by atoms with Crippen LogP contribution in [0.1, 0.15) is 12.0 Å². The van der Waals surface area contributed by atoms with Crippen molar-refractivity contribution in [2.24, 2.45) is 0 Å². The number of hydrogen-bond acceptors (Lipinski definition) is 3. The first-order valence-corrected chi connectivity index (χ1v) is 8.51. The quantitative estimate of drug-likeness (QED) is 0.875. The highest BCUT2D eigenvalue weighted by Crippen LogP contribution is 2.29. The van der Waals surface area contributed by atoms with E-state index in [-0.39, 0.29) is 18.4 Å². The first kappa shape index (κ1) is 15.6. The summed E-state index contributed by atoms with van der Waals surface area (Å²) in [5.41, 5.74) is 2.70. The van der Waals surface area contributed by atoms with E-state index in [1.54, 1.807) is 16.7 Å². The second-order valence-electron chi connectivity index (χ2n) is 5.46. The molecular weight excluding hydrogens is 308 g/mol. The maximum atomic E-state index is 12.5. The molecule has 2 amide bonds. The van der Waals surface area contributed by atoms with E-state index in [1.807, 2.05) is 24.3 Å². The summed E-state index contributed by atoms with van der Waals surface area (Å²) < 4.78 is 0. The van der Waals surface area contributed by atoms with E-state index in [0.717, 1.165) is 10.6 Å². The van der Waals surface area contributed by atoms with Crippen molar-refractivity contribution in [3.05, 3.63) is 54.1 Å². The van der Waals surface area contributed by atoms with Crippen molar-refractivity contribution < 1.29 is 9.59 Å². The van der Waals surface area contributed by atoms with Gasteiger partial charge < -0.3 is 10.2 Å². The van der Waals surface area contributed by atoms with Gasteiger partial charge in [0.25, 0.3) is 0 Å². The van der Waals surface area contributed by atoms with Gasteiger partial charge in [0.05, 0.1) is 11.4 Å². The minimum atomic E-state index is -0.150. The molecule has 0 fully saturated rings. The number of rotatable bonds is 4. The fraction of sp³-hybridized carbons (Fsp3) is 0.222. The number of hydrogen-bond donors (Lipinski definition) is 1. The molecular formula is C18H18N2O2S. The molecule has 1 N–H and O–H groups in total. The summed E-state index contributed by atoms with van der Waals surface area (Å²) in [6.45, 7) is 2.14. The van der Waals surface area contributed by atoms with Crippen LogP contribution in [0.3, 0.4) is 0 Å². The summed E-state index contributed by atoms with van der Waals surface area (Å²) in [6.07, 6.45) is 0.403. The third-order valence-corrected chi connectivity index (χ3v) is 4.69. The third-order valence-electron chi connectivity index (χ3n) is 3.68. The fourth-order valence-electron chi connectivity index (χ4n) is 2.48. The Bertz CT molecular complexity index is 728. The van der Waals surface area contributed by atoms with Crippen molar-refractivity contribution in [1.82, 2.24) is 0 Å². The Balaban J connectivity index is 1.62. The Hall–Kier alpha value is -2.27. The van der Waals surface area contributed by atoms with Crippen molar-refractivity contribution in [2.75, 3.05) is 22.5 Å². The number of carbonyl (C=O) groups is 2. The van der Waals surface area contributed by atoms with Crippen LogP contribution in [-0.4, -0.2) is 24.1 Å². The van der Waals surface area contributed by atoms with Crippen molar-refractivity contribution >= 4 is 35.0 Å². The van der Waals surface area contributed by atoms with E-state index in [9.17, 15) is 9.59 Å². The lowest BCUT2D eigenvalue weighted by Gasteiger charge is -2.29. The van der Waals surface area contributed by atoms with Gasteiger partial charge in [-0.2, -0.15) is 0 Å². The van der Waals surface area contributed by atoms with Gasteiger partial charge in [-0.05, 0) is 31.2 Å². The monoisotopic (exact) mass is 326 g/mol. The van der Waals surface area contributed by atoms with Crippen LogP contribution >= 0.6 is 11.8 Å². The molecule has 1 heterocycles. The van der Waals surface area contributed by atoms with Crippen molar-refractivity contribution in [1.29, 1.82) is 0 Å². The average molecular weight is 326 g/mol. The van der Waals surface area contributed by atoms with Crippen LogP contribution in [0.5, 0.6) is 0 Å². The van der Waals surface area contributed by atoms with Gasteiger partial charge in [0.2, 0.25) is 11.8 Å². The smallest absolute Gasteiger partial charge is 0.244 e. The molecule has 5 heteroatoms. The number of para-hydroxylation sites is 2. The highest BCUT2D eigenvalue weighted by Gasteiger charge is 2.25. The molecule has 0 bridgehead atoms. The van der Waals surface area contributed by atoms with Crippen molar-refractivity contribution in [2.45, 2.75) is 18.2 Å². The van der Waals surface area contributed by atoms with Gasteiger partial charge >= 0.3 is 0 Å². The number of aryl methyl sites for hydroxylation is 1. The number of fused-ring (bicyclic) bond motifs is 1. The molecule has 0 spiro atoms.